The average molecular weight is 443 g/mol. The second-order valence-corrected chi connectivity index (χ2v) is 10.1. The van der Waals surface area contributed by atoms with Crippen molar-refractivity contribution in [3.05, 3.63) is 22.8 Å². The standard InChI is InChI=1S/C14H14ClF3N4O3S2/c1-7(12(23)19-9-2-3-27(24,25)6-9)26-13-21-20-11-10(15)4-8(5-22(11)13)14(16,17)18/h4-5,7,9H,2-3,6H2,1H3,(H,19,23)/t7-,9+/m0/s1. The number of fused-ring (bicyclic) bond motifs is 1. The molecule has 0 aromatic carbocycles. The van der Waals surface area contributed by atoms with Crippen LogP contribution in [0, 0.1) is 0 Å². The molecule has 7 nitrogen and oxygen atoms in total. The molecule has 0 radical (unpaired) electrons. The average Bonchev–Trinajstić information content (AvgIpc) is 3.10. The Kier molecular flexibility index (Phi) is 5.34. The van der Waals surface area contributed by atoms with Crippen LogP contribution in [0.25, 0.3) is 5.65 Å². The van der Waals surface area contributed by atoms with Gasteiger partial charge in [0.1, 0.15) is 0 Å². The number of alkyl halides is 3. The summed E-state index contributed by atoms with van der Waals surface area (Å²) in [6.45, 7) is 1.54. The third kappa shape index (κ3) is 4.49. The molecular weight excluding hydrogens is 429 g/mol. The van der Waals surface area contributed by atoms with Crippen molar-refractivity contribution in [2.75, 3.05) is 11.5 Å². The van der Waals surface area contributed by atoms with E-state index in [9.17, 15) is 26.4 Å². The zero-order valence-electron chi connectivity index (χ0n) is 13.8. The molecule has 1 fully saturated rings. The molecule has 2 aromatic heterocycles. The molecule has 27 heavy (non-hydrogen) atoms. The van der Waals surface area contributed by atoms with E-state index >= 15 is 0 Å². The zero-order chi connectivity index (χ0) is 20.0. The van der Waals surface area contributed by atoms with Crippen LogP contribution in [0.15, 0.2) is 17.4 Å². The van der Waals surface area contributed by atoms with Crippen molar-refractivity contribution in [1.82, 2.24) is 19.9 Å². The number of nitrogens with zero attached hydrogens (tertiary/aromatic N) is 3. The monoisotopic (exact) mass is 442 g/mol. The lowest BCUT2D eigenvalue weighted by Gasteiger charge is -2.15. The van der Waals surface area contributed by atoms with E-state index in [-0.39, 0.29) is 27.3 Å². The molecule has 2 atom stereocenters. The number of thioether (sulfide) groups is 1. The fraction of sp³-hybridized carbons (Fsp3) is 0.500. The quantitative estimate of drug-likeness (QED) is 0.729. The summed E-state index contributed by atoms with van der Waals surface area (Å²) in [4.78, 5) is 12.3. The van der Waals surface area contributed by atoms with E-state index in [4.69, 9.17) is 11.6 Å². The van der Waals surface area contributed by atoms with Crippen molar-refractivity contribution >= 4 is 44.8 Å². The normalized spacial score (nSPS) is 20.7. The summed E-state index contributed by atoms with van der Waals surface area (Å²) in [5.41, 5.74) is -0.920. The molecule has 148 valence electrons. The molecule has 0 aliphatic carbocycles. The molecule has 1 amide bonds. The Balaban J connectivity index is 1.77. The summed E-state index contributed by atoms with van der Waals surface area (Å²) in [6, 6.07) is 0.295. The topological polar surface area (TPSA) is 93.4 Å². The third-order valence-corrected chi connectivity index (χ3v) is 7.09. The first-order valence-corrected chi connectivity index (χ1v) is 10.8. The molecule has 0 bridgehead atoms. The van der Waals surface area contributed by atoms with Gasteiger partial charge in [-0.1, -0.05) is 23.4 Å². The van der Waals surface area contributed by atoms with Gasteiger partial charge in [-0.05, 0) is 19.4 Å². The second-order valence-electron chi connectivity index (χ2n) is 6.12. The molecule has 3 heterocycles. The summed E-state index contributed by atoms with van der Waals surface area (Å²) in [6.07, 6.45) is -3.44. The highest BCUT2D eigenvalue weighted by Gasteiger charge is 2.33. The maximum atomic E-state index is 13.0. The Morgan fingerprint density at radius 2 is 2.15 bits per heavy atom. The molecule has 1 saturated heterocycles. The number of sulfone groups is 1. The van der Waals surface area contributed by atoms with Crippen molar-refractivity contribution in [2.24, 2.45) is 0 Å². The van der Waals surface area contributed by atoms with Gasteiger partial charge in [0, 0.05) is 12.2 Å². The van der Waals surface area contributed by atoms with Gasteiger partial charge in [0.15, 0.2) is 20.6 Å². The number of carbonyl (C=O) groups excluding carboxylic acids is 1. The summed E-state index contributed by atoms with van der Waals surface area (Å²) in [7, 11) is -3.14. The van der Waals surface area contributed by atoms with E-state index in [1.165, 1.54) is 0 Å². The van der Waals surface area contributed by atoms with Crippen LogP contribution in [0.3, 0.4) is 0 Å². The molecular formula is C14H14ClF3N4O3S2. The summed E-state index contributed by atoms with van der Waals surface area (Å²) in [5.74, 6) is -0.529. The lowest BCUT2D eigenvalue weighted by atomic mass is 10.2. The van der Waals surface area contributed by atoms with Gasteiger partial charge in [-0.15, -0.1) is 10.2 Å². The largest absolute Gasteiger partial charge is 0.417 e. The number of hydrogen-bond acceptors (Lipinski definition) is 6. The van der Waals surface area contributed by atoms with E-state index in [0.29, 0.717) is 6.42 Å². The smallest absolute Gasteiger partial charge is 0.351 e. The van der Waals surface area contributed by atoms with Crippen LogP contribution in [0.1, 0.15) is 18.9 Å². The molecule has 3 rings (SSSR count). The van der Waals surface area contributed by atoms with Crippen LogP contribution in [0.5, 0.6) is 0 Å². The number of hydrogen-bond donors (Lipinski definition) is 1. The van der Waals surface area contributed by atoms with Crippen molar-refractivity contribution in [1.29, 1.82) is 0 Å². The van der Waals surface area contributed by atoms with Crippen molar-refractivity contribution in [3.8, 4) is 0 Å². The number of halogens is 4. The zero-order valence-corrected chi connectivity index (χ0v) is 16.2. The fourth-order valence-corrected chi connectivity index (χ4v) is 5.36. The molecule has 13 heteroatoms. The van der Waals surface area contributed by atoms with E-state index in [2.05, 4.69) is 15.5 Å². The van der Waals surface area contributed by atoms with Crippen LogP contribution >= 0.6 is 23.4 Å². The minimum atomic E-state index is -4.60. The van der Waals surface area contributed by atoms with Gasteiger partial charge < -0.3 is 5.32 Å². The highest BCUT2D eigenvalue weighted by atomic mass is 35.5. The van der Waals surface area contributed by atoms with Crippen molar-refractivity contribution in [3.63, 3.8) is 0 Å². The summed E-state index contributed by atoms with van der Waals surface area (Å²) < 4.78 is 62.9. The Morgan fingerprint density at radius 1 is 1.44 bits per heavy atom. The van der Waals surface area contributed by atoms with Crippen LogP contribution in [-0.2, 0) is 20.8 Å². The maximum absolute atomic E-state index is 13.0. The summed E-state index contributed by atoms with van der Waals surface area (Å²) >= 11 is 6.75. The predicted molar refractivity (Wildman–Crippen MR) is 93.5 cm³/mol. The highest BCUT2D eigenvalue weighted by Crippen LogP contribution is 2.33. The van der Waals surface area contributed by atoms with Gasteiger partial charge in [-0.2, -0.15) is 13.2 Å². The van der Waals surface area contributed by atoms with E-state index in [1.807, 2.05) is 0 Å². The first kappa shape index (κ1) is 20.2. The van der Waals surface area contributed by atoms with Crippen LogP contribution in [0.4, 0.5) is 13.2 Å². The predicted octanol–water partition coefficient (Wildman–Crippen LogP) is 2.19. The van der Waals surface area contributed by atoms with Crippen molar-refractivity contribution < 1.29 is 26.4 Å². The lowest BCUT2D eigenvalue weighted by molar-refractivity contribution is -0.137. The maximum Gasteiger partial charge on any atom is 0.417 e. The minimum absolute atomic E-state index is 0.0208. The molecule has 0 unspecified atom stereocenters. The van der Waals surface area contributed by atoms with Gasteiger partial charge in [0.05, 0.1) is 27.3 Å². The molecule has 1 aliphatic heterocycles. The van der Waals surface area contributed by atoms with Gasteiger partial charge >= 0.3 is 6.18 Å². The van der Waals surface area contributed by atoms with Gasteiger partial charge in [0.2, 0.25) is 5.91 Å². The lowest BCUT2D eigenvalue weighted by Crippen LogP contribution is -2.40. The first-order chi connectivity index (χ1) is 12.5. The van der Waals surface area contributed by atoms with Crippen molar-refractivity contribution in [2.45, 2.75) is 36.0 Å². The number of pyridine rings is 1. The number of carbonyl (C=O) groups is 1. The van der Waals surface area contributed by atoms with Crippen LogP contribution < -0.4 is 5.32 Å². The second kappa shape index (κ2) is 7.13. The summed E-state index contributed by atoms with van der Waals surface area (Å²) in [5, 5.41) is 9.33. The van der Waals surface area contributed by atoms with E-state index < -0.39 is 38.8 Å². The molecule has 1 aliphatic rings. The highest BCUT2D eigenvalue weighted by molar-refractivity contribution is 8.00. The molecule has 1 N–H and O–H groups in total. The van der Waals surface area contributed by atoms with E-state index in [0.717, 1.165) is 28.4 Å². The van der Waals surface area contributed by atoms with Gasteiger partial charge in [-0.3, -0.25) is 9.20 Å². The Morgan fingerprint density at radius 3 is 2.74 bits per heavy atom. The van der Waals surface area contributed by atoms with Crippen LogP contribution in [-0.4, -0.2) is 51.7 Å². The molecule has 2 aromatic rings. The number of nitrogens with one attached hydrogen (secondary N) is 1. The Hall–Kier alpha value is -1.53. The van der Waals surface area contributed by atoms with Gasteiger partial charge in [-0.25, -0.2) is 8.42 Å². The number of amides is 1. The van der Waals surface area contributed by atoms with E-state index in [1.54, 1.807) is 6.92 Å². The Bertz CT molecular complexity index is 993. The number of aromatic nitrogens is 3. The fourth-order valence-electron chi connectivity index (χ4n) is 2.61. The minimum Gasteiger partial charge on any atom is -0.351 e. The van der Waals surface area contributed by atoms with Gasteiger partial charge in [0.25, 0.3) is 0 Å². The Labute approximate surface area is 161 Å². The number of rotatable bonds is 4. The first-order valence-electron chi connectivity index (χ1n) is 7.75. The molecule has 0 saturated carbocycles. The third-order valence-electron chi connectivity index (χ3n) is 3.99. The van der Waals surface area contributed by atoms with Crippen LogP contribution in [0.2, 0.25) is 5.02 Å². The molecule has 0 spiro atoms. The SMILES string of the molecule is C[C@H](Sc1nnc2c(Cl)cc(C(F)(F)F)cn12)C(=O)N[C@@H]1CCS(=O)(=O)C1.